The summed E-state index contributed by atoms with van der Waals surface area (Å²) < 4.78 is 22.6. The number of nitrogen functional groups attached to an aromatic ring is 2. The van der Waals surface area contributed by atoms with E-state index in [2.05, 4.69) is 12.1 Å². The van der Waals surface area contributed by atoms with E-state index in [0.29, 0.717) is 12.2 Å². The number of fused-ring (bicyclic) bond motifs is 3. The molecule has 5 aliphatic rings. The monoisotopic (exact) mass is 420 g/mol. The normalized spacial score (nSPS) is 31.3. The summed E-state index contributed by atoms with van der Waals surface area (Å²) in [5.41, 5.74) is 24.3. The zero-order valence-corrected chi connectivity index (χ0v) is 17.6. The molecule has 1 aliphatic carbocycles. The van der Waals surface area contributed by atoms with Gasteiger partial charge in [0.2, 0.25) is 0 Å². The molecular weight excluding hydrogens is 392 g/mol. The van der Waals surface area contributed by atoms with Crippen molar-refractivity contribution in [3.05, 3.63) is 46.0 Å². The lowest BCUT2D eigenvalue weighted by Crippen LogP contribution is -2.15. The molecule has 0 spiro atoms. The quantitative estimate of drug-likeness (QED) is 0.503. The molecule has 4 fully saturated rings. The predicted octanol–water partition coefficient (Wildman–Crippen LogP) is 2.58. The number of benzene rings is 2. The van der Waals surface area contributed by atoms with Gasteiger partial charge in [0.05, 0.1) is 50.8 Å². The van der Waals surface area contributed by atoms with Crippen LogP contribution in [0.2, 0.25) is 0 Å². The summed E-state index contributed by atoms with van der Waals surface area (Å²) in [6.45, 7) is 3.33. The second-order valence-corrected chi connectivity index (χ2v) is 9.71. The van der Waals surface area contributed by atoms with Crippen molar-refractivity contribution in [2.75, 3.05) is 37.9 Å². The number of nitrogens with two attached hydrogens (primary N) is 2. The lowest BCUT2D eigenvalue weighted by Gasteiger charge is -2.24. The van der Waals surface area contributed by atoms with Gasteiger partial charge in [-0.1, -0.05) is 6.07 Å². The van der Waals surface area contributed by atoms with Crippen molar-refractivity contribution in [2.24, 2.45) is 0 Å². The second kappa shape index (κ2) is 6.69. The van der Waals surface area contributed by atoms with Crippen LogP contribution in [-0.4, -0.2) is 50.8 Å². The highest BCUT2D eigenvalue weighted by Crippen LogP contribution is 2.55. The fourth-order valence-corrected chi connectivity index (χ4v) is 5.53. The number of hydrogen-bond donors (Lipinski definition) is 2. The molecular formula is C25H28N2O4. The molecule has 4 heterocycles. The molecule has 5 unspecified atom stereocenters. The topological polar surface area (TPSA) is 102 Å². The molecule has 4 N–H and O–H groups in total. The van der Waals surface area contributed by atoms with Crippen molar-refractivity contribution < 1.29 is 18.9 Å². The summed E-state index contributed by atoms with van der Waals surface area (Å²) in [6.07, 6.45) is 4.82. The minimum Gasteiger partial charge on any atom is -0.399 e. The second-order valence-electron chi connectivity index (χ2n) is 9.71. The lowest BCUT2D eigenvalue weighted by atomic mass is 9.81. The Kier molecular flexibility index (Phi) is 3.98. The molecule has 5 atom stereocenters. The summed E-state index contributed by atoms with van der Waals surface area (Å²) in [7, 11) is 0. The van der Waals surface area contributed by atoms with Crippen LogP contribution in [-0.2, 0) is 38.2 Å². The molecule has 2 aromatic rings. The first kappa shape index (κ1) is 18.5. The highest BCUT2D eigenvalue weighted by atomic mass is 16.6. The molecule has 31 heavy (non-hydrogen) atoms. The maximum Gasteiger partial charge on any atom is 0.0851 e. The van der Waals surface area contributed by atoms with Gasteiger partial charge < -0.3 is 30.4 Å². The number of hydrogen-bond acceptors (Lipinski definition) is 6. The van der Waals surface area contributed by atoms with Gasteiger partial charge in [0.25, 0.3) is 0 Å². The fraction of sp³-hybridized carbons (Fsp3) is 0.520. The third kappa shape index (κ3) is 3.33. The maximum absolute atomic E-state index is 6.97. The van der Waals surface area contributed by atoms with Gasteiger partial charge in [-0.25, -0.2) is 0 Å². The maximum atomic E-state index is 6.97. The number of ether oxygens (including phenoxy) is 4. The van der Waals surface area contributed by atoms with Crippen LogP contribution in [0.3, 0.4) is 0 Å². The Morgan fingerprint density at radius 1 is 0.742 bits per heavy atom. The smallest absolute Gasteiger partial charge is 0.0851 e. The van der Waals surface area contributed by atoms with E-state index in [-0.39, 0.29) is 18.1 Å². The van der Waals surface area contributed by atoms with Gasteiger partial charge in [-0.15, -0.1) is 0 Å². The molecule has 0 bridgehead atoms. The predicted molar refractivity (Wildman–Crippen MR) is 117 cm³/mol. The van der Waals surface area contributed by atoms with E-state index >= 15 is 0 Å². The Morgan fingerprint density at radius 2 is 1.32 bits per heavy atom. The first-order valence-corrected chi connectivity index (χ1v) is 11.5. The van der Waals surface area contributed by atoms with E-state index in [1.54, 1.807) is 0 Å². The van der Waals surface area contributed by atoms with Gasteiger partial charge in [-0.05, 0) is 57.5 Å². The molecule has 0 radical (unpaired) electrons. The highest BCUT2D eigenvalue weighted by Gasteiger charge is 2.42. The Labute approximate surface area is 181 Å². The van der Waals surface area contributed by atoms with Crippen molar-refractivity contribution in [1.82, 2.24) is 0 Å². The molecule has 0 saturated carbocycles. The van der Waals surface area contributed by atoms with E-state index in [1.807, 2.05) is 6.07 Å². The van der Waals surface area contributed by atoms with Gasteiger partial charge in [0.1, 0.15) is 0 Å². The van der Waals surface area contributed by atoms with Gasteiger partial charge in [-0.2, -0.15) is 0 Å². The van der Waals surface area contributed by atoms with Crippen molar-refractivity contribution in [1.29, 1.82) is 0 Å². The standard InChI is InChI=1S/C25H28N2O4/c26-12-1-2-17-18(3-12)19(4-13-8-28-13)24-22(7-16-11-31-16)25(27)21(6-15-10-30-15)20(23(17)24)5-14-9-29-14/h1-3,13-16,19H,4-11,26-27H2. The molecule has 162 valence electrons. The number of anilines is 2. The lowest BCUT2D eigenvalue weighted by molar-refractivity contribution is 0.388. The summed E-state index contributed by atoms with van der Waals surface area (Å²) >= 11 is 0. The summed E-state index contributed by atoms with van der Waals surface area (Å²) in [6, 6.07) is 6.40. The first-order chi connectivity index (χ1) is 15.2. The summed E-state index contributed by atoms with van der Waals surface area (Å²) in [4.78, 5) is 0. The molecule has 6 nitrogen and oxygen atoms in total. The van der Waals surface area contributed by atoms with Crippen LogP contribution >= 0.6 is 0 Å². The molecule has 4 aliphatic heterocycles. The van der Waals surface area contributed by atoms with Crippen molar-refractivity contribution in [2.45, 2.75) is 56.0 Å². The highest BCUT2D eigenvalue weighted by molar-refractivity contribution is 5.88. The third-order valence-electron chi connectivity index (χ3n) is 7.38. The molecule has 0 amide bonds. The van der Waals surface area contributed by atoms with Crippen LogP contribution in [0.4, 0.5) is 11.4 Å². The van der Waals surface area contributed by atoms with Crippen LogP contribution in [0.25, 0.3) is 11.1 Å². The number of rotatable bonds is 8. The average molecular weight is 421 g/mol. The van der Waals surface area contributed by atoms with Crippen LogP contribution < -0.4 is 11.5 Å². The Balaban J connectivity index is 1.47. The van der Waals surface area contributed by atoms with E-state index in [0.717, 1.165) is 63.5 Å². The van der Waals surface area contributed by atoms with Gasteiger partial charge in [0.15, 0.2) is 0 Å². The SMILES string of the molecule is Nc1ccc2c(c1)C(CC1CO1)c1c(CC3CO3)c(N)c(CC3CO3)c(CC3CO3)c1-2. The largest absolute Gasteiger partial charge is 0.399 e. The third-order valence-corrected chi connectivity index (χ3v) is 7.38. The van der Waals surface area contributed by atoms with Gasteiger partial charge >= 0.3 is 0 Å². The van der Waals surface area contributed by atoms with E-state index in [4.69, 9.17) is 30.4 Å². The molecule has 0 aromatic heterocycles. The van der Waals surface area contributed by atoms with E-state index in [1.165, 1.54) is 38.9 Å². The van der Waals surface area contributed by atoms with Crippen molar-refractivity contribution >= 4 is 11.4 Å². The van der Waals surface area contributed by atoms with Gasteiger partial charge in [-0.3, -0.25) is 0 Å². The van der Waals surface area contributed by atoms with Crippen LogP contribution in [0.1, 0.15) is 40.2 Å². The minimum absolute atomic E-state index is 0.266. The number of epoxide rings is 4. The Hall–Kier alpha value is -2.12. The molecule has 2 aromatic carbocycles. The minimum atomic E-state index is 0.266. The zero-order chi connectivity index (χ0) is 20.7. The van der Waals surface area contributed by atoms with E-state index in [9.17, 15) is 0 Å². The first-order valence-electron chi connectivity index (χ1n) is 11.5. The zero-order valence-electron chi connectivity index (χ0n) is 17.6. The molecule has 6 heteroatoms. The molecule has 4 saturated heterocycles. The molecule has 7 rings (SSSR count). The van der Waals surface area contributed by atoms with E-state index < -0.39 is 0 Å². The summed E-state index contributed by atoms with van der Waals surface area (Å²) in [5.74, 6) is 0.266. The summed E-state index contributed by atoms with van der Waals surface area (Å²) in [5, 5.41) is 0. The van der Waals surface area contributed by atoms with Crippen molar-refractivity contribution in [3.63, 3.8) is 0 Å². The van der Waals surface area contributed by atoms with Gasteiger partial charge in [0, 0.05) is 36.6 Å². The Bertz CT molecular complexity index is 1070. The fourth-order valence-electron chi connectivity index (χ4n) is 5.53. The Morgan fingerprint density at radius 3 is 1.94 bits per heavy atom. The van der Waals surface area contributed by atoms with Crippen LogP contribution in [0.15, 0.2) is 18.2 Å². The van der Waals surface area contributed by atoms with Crippen molar-refractivity contribution in [3.8, 4) is 11.1 Å². The average Bonchev–Trinajstić information content (AvgIpc) is 3.59. The van der Waals surface area contributed by atoms with Crippen LogP contribution in [0.5, 0.6) is 0 Å². The van der Waals surface area contributed by atoms with Crippen LogP contribution in [0, 0.1) is 0 Å².